The zero-order chi connectivity index (χ0) is 8.06. The first-order chi connectivity index (χ1) is 5.07. The van der Waals surface area contributed by atoms with Crippen molar-refractivity contribution in [3.05, 3.63) is 0 Å². The van der Waals surface area contributed by atoms with Gasteiger partial charge >= 0.3 is 0 Å². The Morgan fingerprint density at radius 3 is 2.82 bits per heavy atom. The highest BCUT2D eigenvalue weighted by Crippen LogP contribution is 2.31. The first-order valence-corrected chi connectivity index (χ1v) is 6.21. The van der Waals surface area contributed by atoms with Crippen LogP contribution in [0.25, 0.3) is 0 Å². The van der Waals surface area contributed by atoms with Gasteiger partial charge in [-0.3, -0.25) is 5.32 Å². The van der Waals surface area contributed by atoms with Gasteiger partial charge in [0.15, 0.2) is 9.84 Å². The average molecular weight is 194 g/mol. The van der Waals surface area contributed by atoms with Crippen LogP contribution in [0, 0.1) is 0 Å². The Hall–Kier alpha value is 0.220. The van der Waals surface area contributed by atoms with E-state index in [2.05, 4.69) is 5.32 Å². The molecule has 2 aliphatic rings. The molecule has 3 atom stereocenters. The SMILES string of the molecule is NC1N[C@@H]2CS(=O)(=O)C[C@@H]2S1. The molecule has 6 heteroatoms. The zero-order valence-corrected chi connectivity index (χ0v) is 7.49. The van der Waals surface area contributed by atoms with Crippen LogP contribution in [0.5, 0.6) is 0 Å². The minimum absolute atomic E-state index is 0.0690. The fourth-order valence-electron chi connectivity index (χ4n) is 1.54. The van der Waals surface area contributed by atoms with Crippen LogP contribution in [0.15, 0.2) is 0 Å². The largest absolute Gasteiger partial charge is 0.307 e. The van der Waals surface area contributed by atoms with Crippen molar-refractivity contribution < 1.29 is 8.42 Å². The van der Waals surface area contributed by atoms with Crippen LogP contribution in [0.1, 0.15) is 0 Å². The van der Waals surface area contributed by atoms with Gasteiger partial charge in [0.2, 0.25) is 0 Å². The van der Waals surface area contributed by atoms with E-state index in [1.807, 2.05) is 0 Å². The predicted molar refractivity (Wildman–Crippen MR) is 44.9 cm³/mol. The third kappa shape index (κ3) is 1.40. The standard InChI is InChI=1S/C5H10N2O2S2/c6-5-7-3-1-11(8,9)2-4(3)10-5/h3-5,7H,1-2,6H2/t3-,4+,5?/m1/s1. The molecule has 0 saturated carbocycles. The van der Waals surface area contributed by atoms with Crippen LogP contribution >= 0.6 is 11.8 Å². The summed E-state index contributed by atoms with van der Waals surface area (Å²) in [5.74, 6) is 0.557. The second-order valence-electron chi connectivity index (χ2n) is 2.95. The maximum Gasteiger partial charge on any atom is 0.153 e. The molecule has 2 saturated heterocycles. The molecule has 0 aromatic rings. The van der Waals surface area contributed by atoms with Crippen molar-refractivity contribution in [2.75, 3.05) is 11.5 Å². The molecule has 0 aromatic carbocycles. The van der Waals surface area contributed by atoms with Gasteiger partial charge in [-0.1, -0.05) is 0 Å². The number of rotatable bonds is 0. The topological polar surface area (TPSA) is 72.2 Å². The molecule has 2 heterocycles. The van der Waals surface area contributed by atoms with E-state index in [0.29, 0.717) is 5.75 Å². The van der Waals surface area contributed by atoms with E-state index in [4.69, 9.17) is 5.73 Å². The van der Waals surface area contributed by atoms with Crippen LogP contribution in [0.3, 0.4) is 0 Å². The Kier molecular flexibility index (Phi) is 1.68. The maximum atomic E-state index is 11.1. The quantitative estimate of drug-likeness (QED) is 0.503. The van der Waals surface area contributed by atoms with Gasteiger partial charge in [0.1, 0.15) is 5.50 Å². The number of nitrogens with one attached hydrogen (secondary N) is 1. The van der Waals surface area contributed by atoms with E-state index in [0.717, 1.165) is 0 Å². The molecular formula is C5H10N2O2S2. The highest BCUT2D eigenvalue weighted by atomic mass is 32.2. The third-order valence-electron chi connectivity index (χ3n) is 2.00. The van der Waals surface area contributed by atoms with Gasteiger partial charge in [-0.15, -0.1) is 11.8 Å². The number of fused-ring (bicyclic) bond motifs is 1. The first-order valence-electron chi connectivity index (χ1n) is 3.44. The Balaban J connectivity index is 2.16. The lowest BCUT2D eigenvalue weighted by Crippen LogP contribution is -2.37. The molecule has 0 amide bonds. The van der Waals surface area contributed by atoms with Crippen LogP contribution in [0.2, 0.25) is 0 Å². The number of thioether (sulfide) groups is 1. The summed E-state index contributed by atoms with van der Waals surface area (Å²) < 4.78 is 22.1. The van der Waals surface area contributed by atoms with Gasteiger partial charge in [-0.25, -0.2) is 8.42 Å². The van der Waals surface area contributed by atoms with E-state index in [1.165, 1.54) is 11.8 Å². The van der Waals surface area contributed by atoms with Crippen molar-refractivity contribution in [2.24, 2.45) is 5.73 Å². The zero-order valence-electron chi connectivity index (χ0n) is 5.86. The van der Waals surface area contributed by atoms with Crippen LogP contribution in [0.4, 0.5) is 0 Å². The fraction of sp³-hybridized carbons (Fsp3) is 1.00. The molecule has 1 unspecified atom stereocenters. The van der Waals surface area contributed by atoms with Gasteiger partial charge < -0.3 is 5.73 Å². The Morgan fingerprint density at radius 2 is 2.18 bits per heavy atom. The fourth-order valence-corrected chi connectivity index (χ4v) is 5.34. The predicted octanol–water partition coefficient (Wildman–Crippen LogP) is -1.27. The lowest BCUT2D eigenvalue weighted by atomic mass is 10.3. The van der Waals surface area contributed by atoms with Crippen molar-refractivity contribution in [1.82, 2.24) is 5.32 Å². The molecular weight excluding hydrogens is 184 g/mol. The molecule has 64 valence electrons. The summed E-state index contributed by atoms with van der Waals surface area (Å²) in [7, 11) is -2.77. The van der Waals surface area contributed by atoms with E-state index in [9.17, 15) is 8.42 Å². The van der Waals surface area contributed by atoms with Crippen molar-refractivity contribution in [1.29, 1.82) is 0 Å². The van der Waals surface area contributed by atoms with Gasteiger partial charge in [0.05, 0.1) is 11.5 Å². The summed E-state index contributed by atoms with van der Waals surface area (Å²) in [4.78, 5) is 0. The Morgan fingerprint density at radius 1 is 1.45 bits per heavy atom. The highest BCUT2D eigenvalue weighted by Gasteiger charge is 2.43. The summed E-state index contributed by atoms with van der Waals surface area (Å²) in [6.45, 7) is 0. The van der Waals surface area contributed by atoms with E-state index in [-0.39, 0.29) is 22.5 Å². The van der Waals surface area contributed by atoms with Gasteiger partial charge in [-0.05, 0) is 0 Å². The molecule has 11 heavy (non-hydrogen) atoms. The molecule has 4 nitrogen and oxygen atoms in total. The minimum Gasteiger partial charge on any atom is -0.307 e. The molecule has 2 fully saturated rings. The van der Waals surface area contributed by atoms with E-state index in [1.54, 1.807) is 0 Å². The maximum absolute atomic E-state index is 11.1. The minimum atomic E-state index is -2.77. The number of nitrogens with two attached hydrogens (primary N) is 1. The number of sulfone groups is 1. The Labute approximate surface area is 69.8 Å². The van der Waals surface area contributed by atoms with Crippen molar-refractivity contribution in [3.8, 4) is 0 Å². The highest BCUT2D eigenvalue weighted by molar-refractivity contribution is 8.02. The summed E-state index contributed by atoms with van der Waals surface area (Å²) in [6.07, 6.45) is 0. The van der Waals surface area contributed by atoms with Crippen molar-refractivity contribution >= 4 is 21.6 Å². The molecule has 0 bridgehead atoms. The second-order valence-corrected chi connectivity index (χ2v) is 6.48. The lowest BCUT2D eigenvalue weighted by molar-refractivity contribution is 0.580. The summed E-state index contributed by atoms with van der Waals surface area (Å²) in [5.41, 5.74) is 5.50. The van der Waals surface area contributed by atoms with Gasteiger partial charge in [-0.2, -0.15) is 0 Å². The van der Waals surface area contributed by atoms with Gasteiger partial charge in [0, 0.05) is 11.3 Å². The smallest absolute Gasteiger partial charge is 0.153 e. The van der Waals surface area contributed by atoms with Crippen LogP contribution < -0.4 is 11.1 Å². The molecule has 3 N–H and O–H groups in total. The van der Waals surface area contributed by atoms with Crippen molar-refractivity contribution in [3.63, 3.8) is 0 Å². The monoisotopic (exact) mass is 194 g/mol. The Bertz CT molecular complexity index is 244. The number of hydrogen-bond donors (Lipinski definition) is 2. The van der Waals surface area contributed by atoms with Gasteiger partial charge in [0.25, 0.3) is 0 Å². The van der Waals surface area contributed by atoms with Crippen molar-refractivity contribution in [2.45, 2.75) is 16.8 Å². The van der Waals surface area contributed by atoms with E-state index >= 15 is 0 Å². The molecule has 0 radical (unpaired) electrons. The summed E-state index contributed by atoms with van der Waals surface area (Å²) in [6, 6.07) is 0.0972. The van der Waals surface area contributed by atoms with Crippen LogP contribution in [-0.4, -0.2) is 36.7 Å². The second kappa shape index (κ2) is 2.35. The molecule has 2 aliphatic heterocycles. The molecule has 0 aliphatic carbocycles. The summed E-state index contributed by atoms with van der Waals surface area (Å²) >= 11 is 1.53. The molecule has 2 rings (SSSR count). The normalized spacial score (nSPS) is 47.5. The van der Waals surface area contributed by atoms with Crippen LogP contribution in [-0.2, 0) is 9.84 Å². The van der Waals surface area contributed by atoms with E-state index < -0.39 is 9.84 Å². The molecule has 0 spiro atoms. The number of hydrogen-bond acceptors (Lipinski definition) is 5. The summed E-state index contributed by atoms with van der Waals surface area (Å²) in [5, 5.41) is 3.22. The first kappa shape index (κ1) is 7.85. The molecule has 0 aromatic heterocycles. The lowest BCUT2D eigenvalue weighted by Gasteiger charge is -2.04. The third-order valence-corrected chi connectivity index (χ3v) is 5.22. The average Bonchev–Trinajstić information content (AvgIpc) is 2.17.